The first-order valence-corrected chi connectivity index (χ1v) is 9.46. The van der Waals surface area contributed by atoms with Gasteiger partial charge in [0.1, 0.15) is 24.3 Å². The summed E-state index contributed by atoms with van der Waals surface area (Å²) in [4.78, 5) is 41.3. The fourth-order valence-electron chi connectivity index (χ4n) is 2.61. The molecule has 0 aromatic heterocycles. The van der Waals surface area contributed by atoms with Gasteiger partial charge < -0.3 is 14.8 Å². The second-order valence-electron chi connectivity index (χ2n) is 6.13. The highest BCUT2D eigenvalue weighted by atomic mass is 32.2. The average molecular weight is 440 g/mol. The van der Waals surface area contributed by atoms with Crippen LogP contribution in [0.2, 0.25) is 0 Å². The number of benzene rings is 2. The fraction of sp³-hybridized carbons (Fsp3) is 0.278. The van der Waals surface area contributed by atoms with E-state index in [0.29, 0.717) is 28.5 Å². The number of rotatable bonds is 10. The maximum atomic E-state index is 13.3. The zero-order chi connectivity index (χ0) is 22.3. The van der Waals surface area contributed by atoms with Gasteiger partial charge in [0, 0.05) is 17.7 Å². The van der Waals surface area contributed by atoms with E-state index < -0.39 is 28.0 Å². The smallest absolute Gasteiger partial charge is 0.294 e. The lowest BCUT2D eigenvalue weighted by Crippen LogP contribution is -2.27. The third-order valence-corrected chi connectivity index (χ3v) is 4.95. The maximum absolute atomic E-state index is 13.3. The number of phenolic OH excluding ortho intramolecular Hbond substituents is 1. The number of nitrogens with zero attached hydrogens (tertiary/aromatic N) is 2. The Morgan fingerprint density at radius 1 is 1.20 bits per heavy atom. The van der Waals surface area contributed by atoms with Crippen molar-refractivity contribution in [2.45, 2.75) is 19.4 Å². The highest BCUT2D eigenvalue weighted by molar-refractivity contribution is 8.13. The van der Waals surface area contributed by atoms with Crippen molar-refractivity contribution >= 4 is 16.9 Å². The summed E-state index contributed by atoms with van der Waals surface area (Å²) in [5.41, 5.74) is 2.39. The molecule has 0 saturated carbocycles. The molecule has 10 nitrogen and oxygen atoms in total. The van der Waals surface area contributed by atoms with Gasteiger partial charge in [0.25, 0.3) is 10.2 Å². The maximum Gasteiger partial charge on any atom is 0.294 e. The number of hydrogen-bond acceptors (Lipinski definition) is 9. The molecule has 0 bridgehead atoms. The van der Waals surface area contributed by atoms with Crippen molar-refractivity contribution < 1.29 is 34.1 Å². The summed E-state index contributed by atoms with van der Waals surface area (Å²) >= 11 is 0.657. The Kier molecular flexibility index (Phi) is 7.92. The van der Waals surface area contributed by atoms with Gasteiger partial charge in [0.05, 0.1) is 0 Å². The Hall–Kier alpha value is -3.41. The number of aryl methyl sites for hydroxylation is 1. The first-order valence-electron chi connectivity index (χ1n) is 8.48. The van der Waals surface area contributed by atoms with E-state index in [1.165, 1.54) is 18.2 Å². The Morgan fingerprint density at radius 2 is 1.93 bits per heavy atom. The topological polar surface area (TPSA) is 142 Å². The number of halogens is 1. The summed E-state index contributed by atoms with van der Waals surface area (Å²) < 4.78 is 13.3. The van der Waals surface area contributed by atoms with Crippen LogP contribution in [0.15, 0.2) is 36.4 Å². The SMILES string of the molecule is Cc1cc(F)ccc1-c1ccc(O)c(CC(=O)SCC(CO[N+](=O)[O-])O[N+](=O)[O-])c1. The van der Waals surface area contributed by atoms with Gasteiger partial charge in [-0.25, -0.2) is 4.39 Å². The minimum absolute atomic E-state index is 0.123. The van der Waals surface area contributed by atoms with Crippen molar-refractivity contribution in [1.29, 1.82) is 0 Å². The second kappa shape index (κ2) is 10.4. The first kappa shape index (κ1) is 22.9. The van der Waals surface area contributed by atoms with Crippen LogP contribution < -0.4 is 0 Å². The number of aromatic hydroxyl groups is 1. The van der Waals surface area contributed by atoms with E-state index in [-0.39, 0.29) is 23.7 Å². The van der Waals surface area contributed by atoms with Crippen LogP contribution in [-0.4, -0.2) is 38.9 Å². The van der Waals surface area contributed by atoms with Crippen molar-refractivity contribution in [3.63, 3.8) is 0 Å². The van der Waals surface area contributed by atoms with Crippen LogP contribution in [0.25, 0.3) is 11.1 Å². The summed E-state index contributed by atoms with van der Waals surface area (Å²) in [5.74, 6) is -0.762. The first-order chi connectivity index (χ1) is 14.2. The third kappa shape index (κ3) is 6.88. The Morgan fingerprint density at radius 3 is 2.57 bits per heavy atom. The molecule has 0 aliphatic heterocycles. The van der Waals surface area contributed by atoms with Crippen molar-refractivity contribution in [1.82, 2.24) is 0 Å². The zero-order valence-electron chi connectivity index (χ0n) is 15.6. The molecule has 30 heavy (non-hydrogen) atoms. The van der Waals surface area contributed by atoms with E-state index in [0.717, 1.165) is 5.56 Å². The molecule has 12 heteroatoms. The molecule has 0 spiro atoms. The third-order valence-electron chi connectivity index (χ3n) is 3.94. The van der Waals surface area contributed by atoms with E-state index in [9.17, 15) is 34.5 Å². The van der Waals surface area contributed by atoms with Crippen molar-refractivity contribution in [3.8, 4) is 16.9 Å². The highest BCUT2D eigenvalue weighted by Gasteiger charge is 2.19. The van der Waals surface area contributed by atoms with Gasteiger partial charge in [-0.15, -0.1) is 20.2 Å². The van der Waals surface area contributed by atoms with Gasteiger partial charge in [0.15, 0.2) is 5.12 Å². The normalized spacial score (nSPS) is 11.5. The van der Waals surface area contributed by atoms with Gasteiger partial charge >= 0.3 is 0 Å². The zero-order valence-corrected chi connectivity index (χ0v) is 16.5. The minimum atomic E-state index is -1.32. The Labute approximate surface area is 173 Å². The lowest BCUT2D eigenvalue weighted by molar-refractivity contribution is -0.788. The molecule has 2 aromatic rings. The van der Waals surface area contributed by atoms with E-state index in [2.05, 4.69) is 9.68 Å². The summed E-state index contributed by atoms with van der Waals surface area (Å²) in [7, 11) is 0. The molecule has 0 saturated heterocycles. The second-order valence-corrected chi connectivity index (χ2v) is 7.21. The molecule has 160 valence electrons. The molecule has 1 N–H and O–H groups in total. The fourth-order valence-corrected chi connectivity index (χ4v) is 3.40. The van der Waals surface area contributed by atoms with Crippen LogP contribution in [0.4, 0.5) is 4.39 Å². The Balaban J connectivity index is 2.06. The van der Waals surface area contributed by atoms with Crippen molar-refractivity contribution in [2.75, 3.05) is 12.4 Å². The molecule has 2 aromatic carbocycles. The van der Waals surface area contributed by atoms with Crippen LogP contribution in [0.3, 0.4) is 0 Å². The Bertz CT molecular complexity index is 956. The molecule has 2 rings (SSSR count). The molecular formula is C18H17FN2O8S. The van der Waals surface area contributed by atoms with E-state index >= 15 is 0 Å². The molecule has 0 heterocycles. The molecule has 0 amide bonds. The highest BCUT2D eigenvalue weighted by Crippen LogP contribution is 2.29. The summed E-state index contributed by atoms with van der Waals surface area (Å²) in [6, 6.07) is 8.90. The van der Waals surface area contributed by atoms with Crippen LogP contribution in [-0.2, 0) is 20.9 Å². The van der Waals surface area contributed by atoms with Crippen molar-refractivity contribution in [3.05, 3.63) is 73.6 Å². The largest absolute Gasteiger partial charge is 0.508 e. The van der Waals surface area contributed by atoms with Crippen LogP contribution in [0, 0.1) is 33.0 Å². The predicted octanol–water partition coefficient (Wildman–Crippen LogP) is 3.09. The molecule has 0 fully saturated rings. The summed E-state index contributed by atoms with van der Waals surface area (Å²) in [5, 5.41) is 28.1. The number of carbonyl (C=O) groups excluding carboxylic acids is 1. The molecule has 0 aliphatic carbocycles. The number of carbonyl (C=O) groups is 1. The van der Waals surface area contributed by atoms with E-state index in [1.54, 1.807) is 25.1 Å². The standard InChI is InChI=1S/C18H17FN2O8S/c1-11-6-14(19)3-4-16(11)12-2-5-17(22)13(7-12)8-18(23)30-10-15(29-21(26)27)9-28-20(24)25/h2-7,15,22H,8-10H2,1H3. The monoisotopic (exact) mass is 440 g/mol. The quantitative estimate of drug-likeness (QED) is 0.435. The molecule has 1 atom stereocenters. The van der Waals surface area contributed by atoms with E-state index in [1.807, 2.05) is 0 Å². The summed E-state index contributed by atoms with van der Waals surface area (Å²) in [6.07, 6.45) is -1.52. The van der Waals surface area contributed by atoms with Crippen LogP contribution >= 0.6 is 11.8 Å². The van der Waals surface area contributed by atoms with Crippen LogP contribution in [0.5, 0.6) is 5.75 Å². The average Bonchev–Trinajstić information content (AvgIpc) is 2.65. The lowest BCUT2D eigenvalue weighted by Gasteiger charge is -2.13. The van der Waals surface area contributed by atoms with Gasteiger partial charge in [-0.1, -0.05) is 23.9 Å². The molecular weight excluding hydrogens is 423 g/mol. The van der Waals surface area contributed by atoms with Crippen molar-refractivity contribution in [2.24, 2.45) is 0 Å². The number of thioether (sulfide) groups is 1. The van der Waals surface area contributed by atoms with Gasteiger partial charge in [-0.2, -0.15) is 0 Å². The summed E-state index contributed by atoms with van der Waals surface area (Å²) in [6.45, 7) is 1.02. The lowest BCUT2D eigenvalue weighted by atomic mass is 9.97. The van der Waals surface area contributed by atoms with E-state index in [4.69, 9.17) is 0 Å². The predicted molar refractivity (Wildman–Crippen MR) is 104 cm³/mol. The number of phenols is 1. The molecule has 0 aliphatic rings. The van der Waals surface area contributed by atoms with Gasteiger partial charge in [-0.3, -0.25) is 4.79 Å². The molecule has 0 radical (unpaired) electrons. The van der Waals surface area contributed by atoms with Gasteiger partial charge in [-0.05, 0) is 47.9 Å². The number of hydrogen-bond donors (Lipinski definition) is 1. The minimum Gasteiger partial charge on any atom is -0.508 e. The van der Waals surface area contributed by atoms with Crippen LogP contribution in [0.1, 0.15) is 11.1 Å². The van der Waals surface area contributed by atoms with Gasteiger partial charge in [0.2, 0.25) is 0 Å². The molecule has 1 unspecified atom stereocenters.